The molecule has 0 saturated carbocycles. The third kappa shape index (κ3) is 8.71. The smallest absolute Gasteiger partial charge is 0.264 e. The maximum atomic E-state index is 14.1. The molecule has 1 atom stereocenters. The number of sulfonamides is 1. The lowest BCUT2D eigenvalue weighted by molar-refractivity contribution is -0.140. The molecule has 1 N–H and O–H groups in total. The molecule has 3 aromatic rings. The van der Waals surface area contributed by atoms with Crippen LogP contribution in [0.3, 0.4) is 0 Å². The Morgan fingerprint density at radius 2 is 1.56 bits per heavy atom. The van der Waals surface area contributed by atoms with Crippen LogP contribution in [0.1, 0.15) is 39.7 Å². The molecule has 0 heterocycles. The lowest BCUT2D eigenvalue weighted by Crippen LogP contribution is -2.52. The zero-order valence-corrected chi connectivity index (χ0v) is 25.5. The molecule has 0 aliphatic carbocycles. The van der Waals surface area contributed by atoms with Crippen LogP contribution in [0.25, 0.3) is 0 Å². The first kappa shape index (κ1) is 32.0. The van der Waals surface area contributed by atoms with Crippen LogP contribution in [-0.4, -0.2) is 50.9 Å². The summed E-state index contributed by atoms with van der Waals surface area (Å²) in [5.41, 5.74) is 1.09. The summed E-state index contributed by atoms with van der Waals surface area (Å²) in [6, 6.07) is 20.7. The predicted molar refractivity (Wildman–Crippen MR) is 163 cm³/mol. The fourth-order valence-corrected chi connectivity index (χ4v) is 5.79. The molecule has 0 radical (unpaired) electrons. The molecule has 0 aromatic heterocycles. The summed E-state index contributed by atoms with van der Waals surface area (Å²) in [7, 11) is -4.15. The van der Waals surface area contributed by atoms with E-state index in [9.17, 15) is 18.0 Å². The summed E-state index contributed by atoms with van der Waals surface area (Å²) >= 11 is 6.07. The molecule has 0 aliphatic rings. The number of para-hydroxylation sites is 1. The van der Waals surface area contributed by atoms with E-state index in [0.29, 0.717) is 36.0 Å². The fourth-order valence-electron chi connectivity index (χ4n) is 4.25. The van der Waals surface area contributed by atoms with Gasteiger partial charge in [0.1, 0.15) is 18.3 Å². The minimum atomic E-state index is -4.15. The van der Waals surface area contributed by atoms with Crippen LogP contribution in [0, 0.1) is 5.92 Å². The molecule has 10 heteroatoms. The van der Waals surface area contributed by atoms with Gasteiger partial charge >= 0.3 is 0 Å². The van der Waals surface area contributed by atoms with Crippen molar-refractivity contribution in [3.05, 3.63) is 89.4 Å². The molecule has 0 bridgehead atoms. The van der Waals surface area contributed by atoms with Crippen molar-refractivity contribution >= 4 is 39.1 Å². The number of amides is 2. The third-order valence-electron chi connectivity index (χ3n) is 6.38. The number of halogens is 1. The standard InChI is InChI=1S/C31H38ClN3O5S/c1-5-29(31(37)33-20-23(3)4)34(21-24-12-14-25(32)15-13-24)30(36)22-35(26-10-8-7-9-11-26)41(38,39)28-18-16-27(17-19-28)40-6-2/h7-19,23,29H,5-6,20-22H2,1-4H3,(H,33,37). The maximum absolute atomic E-state index is 14.1. The van der Waals surface area contributed by atoms with Crippen LogP contribution in [0.15, 0.2) is 83.8 Å². The number of hydrogen-bond donors (Lipinski definition) is 1. The highest BCUT2D eigenvalue weighted by molar-refractivity contribution is 7.92. The lowest BCUT2D eigenvalue weighted by Gasteiger charge is -2.33. The first-order valence-corrected chi connectivity index (χ1v) is 15.5. The molecule has 0 aliphatic heterocycles. The van der Waals surface area contributed by atoms with Crippen molar-refractivity contribution in [2.45, 2.75) is 51.6 Å². The average Bonchev–Trinajstić information content (AvgIpc) is 2.96. The van der Waals surface area contributed by atoms with Crippen LogP contribution in [-0.2, 0) is 26.2 Å². The van der Waals surface area contributed by atoms with Gasteiger partial charge in [-0.05, 0) is 73.4 Å². The van der Waals surface area contributed by atoms with E-state index in [4.69, 9.17) is 16.3 Å². The van der Waals surface area contributed by atoms with Crippen molar-refractivity contribution in [2.24, 2.45) is 5.92 Å². The average molecular weight is 600 g/mol. The fraction of sp³-hybridized carbons (Fsp3) is 0.355. The summed E-state index contributed by atoms with van der Waals surface area (Å²) in [5, 5.41) is 3.47. The Balaban J connectivity index is 2.00. The van der Waals surface area contributed by atoms with Gasteiger partial charge in [0.15, 0.2) is 0 Å². The Morgan fingerprint density at radius 1 is 0.927 bits per heavy atom. The molecule has 8 nitrogen and oxygen atoms in total. The highest BCUT2D eigenvalue weighted by Gasteiger charge is 2.33. The van der Waals surface area contributed by atoms with Gasteiger partial charge in [-0.1, -0.05) is 62.7 Å². The van der Waals surface area contributed by atoms with Gasteiger partial charge in [0.05, 0.1) is 17.2 Å². The minimum Gasteiger partial charge on any atom is -0.494 e. The number of ether oxygens (including phenoxy) is 1. The van der Waals surface area contributed by atoms with Crippen molar-refractivity contribution in [1.29, 1.82) is 0 Å². The van der Waals surface area contributed by atoms with Crippen LogP contribution < -0.4 is 14.4 Å². The molecule has 220 valence electrons. The molecular formula is C31H38ClN3O5S. The number of nitrogens with one attached hydrogen (secondary N) is 1. The van der Waals surface area contributed by atoms with E-state index in [0.717, 1.165) is 9.87 Å². The van der Waals surface area contributed by atoms with Crippen LogP contribution >= 0.6 is 11.6 Å². The zero-order chi connectivity index (χ0) is 30.0. The number of anilines is 1. The largest absolute Gasteiger partial charge is 0.494 e. The monoisotopic (exact) mass is 599 g/mol. The molecule has 3 rings (SSSR count). The number of carbonyl (C=O) groups excluding carboxylic acids is 2. The van der Waals surface area contributed by atoms with Gasteiger partial charge in [-0.25, -0.2) is 8.42 Å². The van der Waals surface area contributed by atoms with E-state index in [-0.39, 0.29) is 23.3 Å². The second-order valence-electron chi connectivity index (χ2n) is 9.96. The van der Waals surface area contributed by atoms with Gasteiger partial charge in [-0.3, -0.25) is 13.9 Å². The summed E-state index contributed by atoms with van der Waals surface area (Å²) in [6.07, 6.45) is 0.347. The Bertz CT molecular complexity index is 1380. The van der Waals surface area contributed by atoms with Gasteiger partial charge in [0.2, 0.25) is 11.8 Å². The van der Waals surface area contributed by atoms with Crippen molar-refractivity contribution in [2.75, 3.05) is 24.0 Å². The zero-order valence-electron chi connectivity index (χ0n) is 23.9. The van der Waals surface area contributed by atoms with Crippen LogP contribution in [0.5, 0.6) is 5.75 Å². The summed E-state index contributed by atoms with van der Waals surface area (Å²) < 4.78 is 34.4. The van der Waals surface area contributed by atoms with E-state index < -0.39 is 28.5 Å². The maximum Gasteiger partial charge on any atom is 0.264 e. The molecule has 0 fully saturated rings. The molecule has 2 amide bonds. The number of rotatable bonds is 14. The SMILES string of the molecule is CCOc1ccc(S(=O)(=O)N(CC(=O)N(Cc2ccc(Cl)cc2)C(CC)C(=O)NCC(C)C)c2ccccc2)cc1. The van der Waals surface area contributed by atoms with Crippen molar-refractivity contribution < 1.29 is 22.7 Å². The summed E-state index contributed by atoms with van der Waals surface area (Å²) in [5.74, 6) is -0.0279. The Labute approximate surface area is 248 Å². The molecular weight excluding hydrogens is 562 g/mol. The predicted octanol–water partition coefficient (Wildman–Crippen LogP) is 5.51. The third-order valence-corrected chi connectivity index (χ3v) is 8.42. The number of carbonyl (C=O) groups is 2. The molecule has 41 heavy (non-hydrogen) atoms. The molecule has 0 spiro atoms. The summed E-state index contributed by atoms with van der Waals surface area (Å²) in [6.45, 7) is 8.16. The van der Waals surface area contributed by atoms with Crippen molar-refractivity contribution in [3.8, 4) is 5.75 Å². The van der Waals surface area contributed by atoms with Gasteiger partial charge in [-0.15, -0.1) is 0 Å². The summed E-state index contributed by atoms with van der Waals surface area (Å²) in [4.78, 5) is 28.8. The molecule has 0 saturated heterocycles. The van der Waals surface area contributed by atoms with Crippen LogP contribution in [0.2, 0.25) is 5.02 Å². The second-order valence-corrected chi connectivity index (χ2v) is 12.3. The Hall–Kier alpha value is -3.56. The van der Waals surface area contributed by atoms with Crippen molar-refractivity contribution in [1.82, 2.24) is 10.2 Å². The topological polar surface area (TPSA) is 96.0 Å². The van der Waals surface area contributed by atoms with Gasteiger partial charge < -0.3 is 15.0 Å². The second kappa shape index (κ2) is 14.9. The quantitative estimate of drug-likeness (QED) is 0.263. The van der Waals surface area contributed by atoms with Gasteiger partial charge in [0, 0.05) is 18.1 Å². The van der Waals surface area contributed by atoms with E-state index in [2.05, 4.69) is 5.32 Å². The van der Waals surface area contributed by atoms with Gasteiger partial charge in [0.25, 0.3) is 10.0 Å². The normalized spacial score (nSPS) is 12.0. The van der Waals surface area contributed by atoms with Crippen molar-refractivity contribution in [3.63, 3.8) is 0 Å². The van der Waals surface area contributed by atoms with Gasteiger partial charge in [-0.2, -0.15) is 0 Å². The first-order chi connectivity index (χ1) is 19.6. The van der Waals surface area contributed by atoms with E-state index in [1.807, 2.05) is 27.7 Å². The Morgan fingerprint density at radius 3 is 2.12 bits per heavy atom. The van der Waals surface area contributed by atoms with E-state index >= 15 is 0 Å². The molecule has 3 aromatic carbocycles. The number of hydrogen-bond acceptors (Lipinski definition) is 5. The number of benzene rings is 3. The Kier molecular flexibility index (Phi) is 11.6. The lowest BCUT2D eigenvalue weighted by atomic mass is 10.1. The highest BCUT2D eigenvalue weighted by Crippen LogP contribution is 2.26. The molecule has 1 unspecified atom stereocenters. The highest BCUT2D eigenvalue weighted by atomic mass is 35.5. The minimum absolute atomic E-state index is 0.0172. The van der Waals surface area contributed by atoms with E-state index in [1.165, 1.54) is 17.0 Å². The first-order valence-electron chi connectivity index (χ1n) is 13.7. The van der Waals surface area contributed by atoms with E-state index in [1.54, 1.807) is 66.7 Å². The van der Waals surface area contributed by atoms with Crippen LogP contribution in [0.4, 0.5) is 5.69 Å². The number of nitrogens with zero attached hydrogens (tertiary/aromatic N) is 2.